The van der Waals surface area contributed by atoms with Crippen molar-refractivity contribution in [2.75, 3.05) is 31.1 Å². The largest absolute Gasteiger partial charge is 0.437 e. The van der Waals surface area contributed by atoms with Crippen molar-refractivity contribution >= 4 is 35.5 Å². The number of halogens is 1. The van der Waals surface area contributed by atoms with Crippen molar-refractivity contribution in [3.05, 3.63) is 21.9 Å². The van der Waals surface area contributed by atoms with E-state index in [0.717, 1.165) is 35.6 Å². The summed E-state index contributed by atoms with van der Waals surface area (Å²) in [5, 5.41) is 9.46. The molecule has 4 nitrogen and oxygen atoms in total. The van der Waals surface area contributed by atoms with Crippen LogP contribution in [0.2, 0.25) is 6.82 Å². The van der Waals surface area contributed by atoms with Crippen molar-refractivity contribution in [2.24, 2.45) is 0 Å². The number of anilines is 1. The maximum Gasteiger partial charge on any atom is 0.376 e. The highest BCUT2D eigenvalue weighted by atomic mass is 127. The number of pyridine rings is 1. The van der Waals surface area contributed by atoms with Crippen LogP contribution in [0, 0.1) is 3.57 Å². The van der Waals surface area contributed by atoms with Crippen LogP contribution < -0.4 is 4.90 Å². The van der Waals surface area contributed by atoms with Crippen LogP contribution in [0.3, 0.4) is 0 Å². The monoisotopic (exact) mass is 331 g/mol. The first-order valence-corrected chi connectivity index (χ1v) is 6.53. The fraction of sp³-hybridized carbons (Fsp3) is 0.500. The molecule has 2 heterocycles. The van der Waals surface area contributed by atoms with Crippen LogP contribution in [0.15, 0.2) is 18.3 Å². The number of piperazine rings is 1. The van der Waals surface area contributed by atoms with Gasteiger partial charge in [-0.05, 0) is 41.5 Å². The van der Waals surface area contributed by atoms with Crippen molar-refractivity contribution in [1.82, 2.24) is 9.79 Å². The van der Waals surface area contributed by atoms with E-state index in [0.29, 0.717) is 0 Å². The lowest BCUT2D eigenvalue weighted by Gasteiger charge is -2.35. The molecule has 0 unspecified atom stereocenters. The summed E-state index contributed by atoms with van der Waals surface area (Å²) >= 11 is 2.26. The third-order valence-corrected chi connectivity index (χ3v) is 3.52. The second-order valence-corrected chi connectivity index (χ2v) is 5.24. The van der Waals surface area contributed by atoms with Gasteiger partial charge in [-0.1, -0.05) is 0 Å². The van der Waals surface area contributed by atoms with Gasteiger partial charge in [0.1, 0.15) is 5.82 Å². The second-order valence-electron chi connectivity index (χ2n) is 3.99. The summed E-state index contributed by atoms with van der Waals surface area (Å²) in [5.41, 5.74) is 0. The molecule has 0 radical (unpaired) electrons. The Morgan fingerprint density at radius 1 is 1.31 bits per heavy atom. The predicted molar refractivity (Wildman–Crippen MR) is 74.6 cm³/mol. The van der Waals surface area contributed by atoms with Gasteiger partial charge >= 0.3 is 7.05 Å². The van der Waals surface area contributed by atoms with Gasteiger partial charge in [0.15, 0.2) is 0 Å². The molecule has 1 N–H and O–H groups in total. The van der Waals surface area contributed by atoms with E-state index in [2.05, 4.69) is 49.4 Å². The zero-order chi connectivity index (χ0) is 11.5. The first-order valence-electron chi connectivity index (χ1n) is 5.45. The summed E-state index contributed by atoms with van der Waals surface area (Å²) in [5.74, 6) is 1.03. The van der Waals surface area contributed by atoms with Crippen LogP contribution in [0.4, 0.5) is 5.82 Å². The van der Waals surface area contributed by atoms with E-state index in [9.17, 15) is 5.02 Å². The van der Waals surface area contributed by atoms with Crippen LogP contribution in [-0.2, 0) is 0 Å². The number of hydrogen-bond donors (Lipinski definition) is 1. The third-order valence-electron chi connectivity index (χ3n) is 2.88. The highest BCUT2D eigenvalue weighted by Crippen LogP contribution is 2.14. The van der Waals surface area contributed by atoms with Gasteiger partial charge in [0.2, 0.25) is 0 Å². The van der Waals surface area contributed by atoms with Gasteiger partial charge in [-0.25, -0.2) is 4.98 Å². The van der Waals surface area contributed by atoms with Gasteiger partial charge in [0, 0.05) is 35.9 Å². The molecular formula is C10H15BIN3O. The average molecular weight is 331 g/mol. The molecule has 0 spiro atoms. The number of hydrogen-bond acceptors (Lipinski definition) is 4. The van der Waals surface area contributed by atoms with E-state index in [1.165, 1.54) is 0 Å². The number of nitrogens with zero attached hydrogens (tertiary/aromatic N) is 3. The van der Waals surface area contributed by atoms with Crippen LogP contribution >= 0.6 is 22.6 Å². The minimum absolute atomic E-state index is 0.341. The van der Waals surface area contributed by atoms with E-state index >= 15 is 0 Å². The molecule has 0 bridgehead atoms. The van der Waals surface area contributed by atoms with E-state index in [1.807, 2.05) is 13.0 Å². The molecule has 0 aliphatic carbocycles. The summed E-state index contributed by atoms with van der Waals surface area (Å²) in [6, 6.07) is 4.13. The first-order chi connectivity index (χ1) is 7.66. The normalized spacial score (nSPS) is 17.6. The molecule has 0 saturated carbocycles. The smallest absolute Gasteiger partial charge is 0.376 e. The second kappa shape index (κ2) is 5.33. The molecule has 0 amide bonds. The predicted octanol–water partition coefficient (Wildman–Crippen LogP) is 0.918. The van der Waals surface area contributed by atoms with Gasteiger partial charge in [-0.3, -0.25) is 0 Å². The Morgan fingerprint density at radius 3 is 2.50 bits per heavy atom. The zero-order valence-corrected chi connectivity index (χ0v) is 11.5. The SMILES string of the molecule is CB(O)N1CCN(c2ccc(I)cn2)CC1. The van der Waals surface area contributed by atoms with Crippen LogP contribution in [-0.4, -0.2) is 48.0 Å². The fourth-order valence-corrected chi connectivity index (χ4v) is 2.20. The van der Waals surface area contributed by atoms with E-state index in [-0.39, 0.29) is 7.05 Å². The van der Waals surface area contributed by atoms with E-state index in [1.54, 1.807) is 0 Å². The maximum atomic E-state index is 9.46. The summed E-state index contributed by atoms with van der Waals surface area (Å²) in [7, 11) is -0.341. The minimum Gasteiger partial charge on any atom is -0.437 e. The van der Waals surface area contributed by atoms with E-state index < -0.39 is 0 Å². The maximum absolute atomic E-state index is 9.46. The van der Waals surface area contributed by atoms with Gasteiger partial charge < -0.3 is 14.7 Å². The van der Waals surface area contributed by atoms with Gasteiger partial charge in [0.25, 0.3) is 0 Å². The first kappa shape index (κ1) is 12.1. The molecule has 1 aromatic heterocycles. The molecule has 16 heavy (non-hydrogen) atoms. The summed E-state index contributed by atoms with van der Waals surface area (Å²) in [6.45, 7) is 5.46. The topological polar surface area (TPSA) is 39.6 Å². The lowest BCUT2D eigenvalue weighted by Crippen LogP contribution is -2.51. The van der Waals surface area contributed by atoms with Crippen LogP contribution in [0.1, 0.15) is 0 Å². The van der Waals surface area contributed by atoms with Crippen LogP contribution in [0.25, 0.3) is 0 Å². The van der Waals surface area contributed by atoms with Gasteiger partial charge in [-0.2, -0.15) is 0 Å². The standard InChI is InChI=1S/C10H15BIN3O/c1-11(16)15-6-4-14(5-7-15)10-3-2-9(12)8-13-10/h2-3,8,16H,4-7H2,1H3. The number of rotatable bonds is 2. The zero-order valence-electron chi connectivity index (χ0n) is 9.30. The molecule has 0 aromatic carbocycles. The van der Waals surface area contributed by atoms with Crippen molar-refractivity contribution in [3.8, 4) is 0 Å². The Hall–Kier alpha value is -0.335. The van der Waals surface area contributed by atoms with Crippen molar-refractivity contribution in [2.45, 2.75) is 6.82 Å². The van der Waals surface area contributed by atoms with Crippen molar-refractivity contribution in [3.63, 3.8) is 0 Å². The van der Waals surface area contributed by atoms with Crippen LogP contribution in [0.5, 0.6) is 0 Å². The lowest BCUT2D eigenvalue weighted by atomic mass is 9.84. The number of aromatic nitrogens is 1. The molecule has 1 aliphatic heterocycles. The van der Waals surface area contributed by atoms with Gasteiger partial charge in [0.05, 0.1) is 0 Å². The Morgan fingerprint density at radius 2 is 2.00 bits per heavy atom. The quantitative estimate of drug-likeness (QED) is 0.646. The molecule has 0 atom stereocenters. The molecular weight excluding hydrogens is 316 g/mol. The highest BCUT2D eigenvalue weighted by molar-refractivity contribution is 14.1. The average Bonchev–Trinajstić information content (AvgIpc) is 2.30. The Bertz CT molecular complexity index is 338. The minimum atomic E-state index is -0.341. The molecule has 1 saturated heterocycles. The summed E-state index contributed by atoms with van der Waals surface area (Å²) in [4.78, 5) is 8.74. The van der Waals surface area contributed by atoms with E-state index in [4.69, 9.17) is 0 Å². The van der Waals surface area contributed by atoms with Crippen molar-refractivity contribution < 1.29 is 5.02 Å². The molecule has 2 rings (SSSR count). The molecule has 1 aliphatic rings. The fourth-order valence-electron chi connectivity index (χ4n) is 1.88. The molecule has 1 fully saturated rings. The Kier molecular flexibility index (Phi) is 4.04. The van der Waals surface area contributed by atoms with Crippen molar-refractivity contribution in [1.29, 1.82) is 0 Å². The molecule has 86 valence electrons. The lowest BCUT2D eigenvalue weighted by molar-refractivity contribution is 0.344. The summed E-state index contributed by atoms with van der Waals surface area (Å²) < 4.78 is 1.16. The molecule has 1 aromatic rings. The highest BCUT2D eigenvalue weighted by Gasteiger charge is 2.22. The van der Waals surface area contributed by atoms with Gasteiger partial charge in [-0.15, -0.1) is 0 Å². The Labute approximate surface area is 110 Å². The summed E-state index contributed by atoms with van der Waals surface area (Å²) in [6.07, 6.45) is 1.89. The Balaban J connectivity index is 1.96. The molecule has 6 heteroatoms. The third kappa shape index (κ3) is 2.86.